The lowest BCUT2D eigenvalue weighted by molar-refractivity contribution is -0.0504. The molecule has 5 nitrogen and oxygen atoms in total. The minimum Gasteiger partial charge on any atom is -0.434 e. The Morgan fingerprint density at radius 3 is 2.85 bits per heavy atom. The molecule has 1 saturated heterocycles. The van der Waals surface area contributed by atoms with Crippen molar-refractivity contribution in [3.63, 3.8) is 0 Å². The average Bonchev–Trinajstić information content (AvgIpc) is 3.36. The van der Waals surface area contributed by atoms with Crippen LogP contribution in [0.1, 0.15) is 31.7 Å². The van der Waals surface area contributed by atoms with Crippen molar-refractivity contribution in [2.45, 2.75) is 57.5 Å². The number of hydrogen-bond acceptors (Lipinski definition) is 3. The van der Waals surface area contributed by atoms with E-state index in [-0.39, 0.29) is 12.3 Å². The van der Waals surface area contributed by atoms with Crippen LogP contribution in [-0.2, 0) is 6.54 Å². The van der Waals surface area contributed by atoms with E-state index >= 15 is 0 Å². The van der Waals surface area contributed by atoms with Gasteiger partial charge in [-0.3, -0.25) is 9.89 Å². The van der Waals surface area contributed by atoms with Gasteiger partial charge in [-0.25, -0.2) is 0 Å². The molecule has 0 bridgehead atoms. The van der Waals surface area contributed by atoms with E-state index in [9.17, 15) is 8.78 Å². The van der Waals surface area contributed by atoms with E-state index in [4.69, 9.17) is 11.6 Å². The third-order valence-corrected chi connectivity index (χ3v) is 5.12. The number of hydrogen-bond donors (Lipinski definition) is 2. The minimum atomic E-state index is -2.87. The first-order valence-corrected chi connectivity index (χ1v) is 9.30. The predicted octanol–water partition coefficient (Wildman–Crippen LogP) is 3.23. The Kier molecular flexibility index (Phi) is 6.19. The molecule has 0 aromatic heterocycles. The Hall–Kier alpha value is -1.60. The summed E-state index contributed by atoms with van der Waals surface area (Å²) in [7, 11) is 1.70. The Morgan fingerprint density at radius 2 is 2.19 bits per heavy atom. The molecule has 0 amide bonds. The summed E-state index contributed by atoms with van der Waals surface area (Å²) in [5, 5.41) is 7.06. The molecule has 2 atom stereocenters. The highest BCUT2D eigenvalue weighted by Crippen LogP contribution is 2.33. The maximum absolute atomic E-state index is 12.6. The molecule has 26 heavy (non-hydrogen) atoms. The highest BCUT2D eigenvalue weighted by Gasteiger charge is 2.38. The molecule has 144 valence electrons. The largest absolute Gasteiger partial charge is 0.434 e. The van der Waals surface area contributed by atoms with Gasteiger partial charge in [-0.15, -0.1) is 0 Å². The van der Waals surface area contributed by atoms with Crippen molar-refractivity contribution >= 4 is 17.6 Å². The summed E-state index contributed by atoms with van der Waals surface area (Å²) < 4.78 is 29.7. The molecule has 1 heterocycles. The van der Waals surface area contributed by atoms with Gasteiger partial charge in [0, 0.05) is 48.8 Å². The van der Waals surface area contributed by atoms with Gasteiger partial charge in [0.1, 0.15) is 5.75 Å². The van der Waals surface area contributed by atoms with Gasteiger partial charge in [-0.1, -0.05) is 11.6 Å². The van der Waals surface area contributed by atoms with E-state index in [1.807, 2.05) is 0 Å². The zero-order valence-corrected chi connectivity index (χ0v) is 15.8. The van der Waals surface area contributed by atoms with Gasteiger partial charge in [-0.2, -0.15) is 8.78 Å². The van der Waals surface area contributed by atoms with Crippen molar-refractivity contribution in [3.05, 3.63) is 28.8 Å². The van der Waals surface area contributed by atoms with E-state index in [1.54, 1.807) is 13.1 Å². The second-order valence-corrected chi connectivity index (χ2v) is 7.35. The molecule has 1 aliphatic carbocycles. The third-order valence-electron chi connectivity index (χ3n) is 4.89. The van der Waals surface area contributed by atoms with E-state index < -0.39 is 6.61 Å². The number of nitrogens with zero attached hydrogens (tertiary/aromatic N) is 2. The van der Waals surface area contributed by atoms with Gasteiger partial charge >= 0.3 is 6.61 Å². The van der Waals surface area contributed by atoms with Crippen molar-refractivity contribution in [1.82, 2.24) is 15.5 Å². The van der Waals surface area contributed by atoms with Gasteiger partial charge in [0.15, 0.2) is 5.96 Å². The van der Waals surface area contributed by atoms with E-state index in [2.05, 4.69) is 32.2 Å². The summed E-state index contributed by atoms with van der Waals surface area (Å²) in [6.07, 6.45) is 3.66. The first-order chi connectivity index (χ1) is 12.5. The van der Waals surface area contributed by atoms with Crippen LogP contribution in [0.5, 0.6) is 5.75 Å². The van der Waals surface area contributed by atoms with Gasteiger partial charge in [0.25, 0.3) is 0 Å². The fraction of sp³-hybridized carbons (Fsp3) is 0.611. The first-order valence-electron chi connectivity index (χ1n) is 8.92. The summed E-state index contributed by atoms with van der Waals surface area (Å²) in [5.41, 5.74) is 0.556. The molecular weight excluding hydrogens is 362 g/mol. The van der Waals surface area contributed by atoms with Crippen LogP contribution < -0.4 is 15.4 Å². The number of ether oxygens (including phenoxy) is 1. The van der Waals surface area contributed by atoms with Crippen LogP contribution in [0.4, 0.5) is 8.78 Å². The maximum Gasteiger partial charge on any atom is 0.387 e. The zero-order valence-electron chi connectivity index (χ0n) is 15.0. The van der Waals surface area contributed by atoms with Crippen molar-refractivity contribution in [1.29, 1.82) is 0 Å². The fourth-order valence-corrected chi connectivity index (χ4v) is 3.73. The minimum absolute atomic E-state index is 0.113. The average molecular weight is 387 g/mol. The van der Waals surface area contributed by atoms with E-state index in [1.165, 1.54) is 25.0 Å². The molecule has 2 unspecified atom stereocenters. The molecule has 2 N–H and O–H groups in total. The number of halogens is 3. The number of likely N-dealkylation sites (tertiary alicyclic amines) is 1. The Balaban J connectivity index is 1.57. The monoisotopic (exact) mass is 386 g/mol. The van der Waals surface area contributed by atoms with E-state index in [0.29, 0.717) is 28.6 Å². The lowest BCUT2D eigenvalue weighted by Gasteiger charge is -2.20. The van der Waals surface area contributed by atoms with Crippen LogP contribution in [0.2, 0.25) is 5.02 Å². The number of alkyl halides is 2. The summed E-state index contributed by atoms with van der Waals surface area (Å²) in [5.74, 6) is 0.754. The number of aliphatic imine (C=N–C) groups is 1. The number of rotatable bonds is 6. The zero-order chi connectivity index (χ0) is 18.7. The molecule has 1 saturated carbocycles. The summed E-state index contributed by atoms with van der Waals surface area (Å²) in [4.78, 5) is 6.80. The van der Waals surface area contributed by atoms with Crippen LogP contribution in [0.25, 0.3) is 0 Å². The number of nitrogens with one attached hydrogen (secondary N) is 2. The van der Waals surface area contributed by atoms with Crippen LogP contribution in [0.3, 0.4) is 0 Å². The molecule has 0 radical (unpaired) electrons. The van der Waals surface area contributed by atoms with Crippen molar-refractivity contribution < 1.29 is 13.5 Å². The topological polar surface area (TPSA) is 48.9 Å². The van der Waals surface area contributed by atoms with E-state index in [0.717, 1.165) is 19.0 Å². The smallest absolute Gasteiger partial charge is 0.387 e. The lowest BCUT2D eigenvalue weighted by Crippen LogP contribution is -2.44. The molecule has 2 fully saturated rings. The Labute approximate surface area is 157 Å². The maximum atomic E-state index is 12.6. The second-order valence-electron chi connectivity index (χ2n) is 6.91. The summed E-state index contributed by atoms with van der Waals surface area (Å²) in [6.45, 7) is 0.678. The highest BCUT2D eigenvalue weighted by atomic mass is 35.5. The van der Waals surface area contributed by atoms with Crippen LogP contribution >= 0.6 is 11.6 Å². The van der Waals surface area contributed by atoms with Crippen molar-refractivity contribution in [3.8, 4) is 5.75 Å². The third kappa shape index (κ3) is 4.98. The predicted molar refractivity (Wildman–Crippen MR) is 99.0 cm³/mol. The van der Waals surface area contributed by atoms with Gasteiger partial charge < -0.3 is 15.4 Å². The Bertz CT molecular complexity index is 654. The number of benzene rings is 1. The van der Waals surface area contributed by atoms with Crippen molar-refractivity contribution in [2.24, 2.45) is 4.99 Å². The van der Waals surface area contributed by atoms with Crippen LogP contribution in [0.15, 0.2) is 23.2 Å². The second kappa shape index (κ2) is 8.39. The number of guanidine groups is 1. The molecule has 1 aromatic rings. The molecule has 1 aromatic carbocycles. The van der Waals surface area contributed by atoms with Crippen molar-refractivity contribution in [2.75, 3.05) is 13.6 Å². The molecule has 2 aliphatic rings. The van der Waals surface area contributed by atoms with Crippen LogP contribution in [-0.4, -0.2) is 49.2 Å². The van der Waals surface area contributed by atoms with Crippen LogP contribution in [0, 0.1) is 0 Å². The molecule has 1 aliphatic heterocycles. The summed E-state index contributed by atoms with van der Waals surface area (Å²) >= 11 is 5.99. The lowest BCUT2D eigenvalue weighted by atomic mass is 10.2. The molecule has 3 rings (SSSR count). The SMILES string of the molecule is CN=C(NCc1cc(Cl)ccc1OC(F)F)NC1CC(C)N(C2CC2)C1. The fourth-order valence-electron chi connectivity index (χ4n) is 3.54. The molecule has 8 heteroatoms. The highest BCUT2D eigenvalue weighted by molar-refractivity contribution is 6.30. The van der Waals surface area contributed by atoms with Gasteiger partial charge in [0.2, 0.25) is 0 Å². The quantitative estimate of drug-likeness (QED) is 0.582. The van der Waals surface area contributed by atoms with Gasteiger partial charge in [-0.05, 0) is 44.4 Å². The standard InChI is InChI=1S/C18H25ClF2N4O/c1-11-7-14(10-25(11)15-4-5-15)24-18(22-2)23-9-12-8-13(19)3-6-16(12)26-17(20)21/h3,6,8,11,14-15,17H,4-5,7,9-10H2,1-2H3,(H2,22,23,24). The molecular formula is C18H25ClF2N4O. The molecule has 0 spiro atoms. The Morgan fingerprint density at radius 1 is 1.42 bits per heavy atom. The van der Waals surface area contributed by atoms with Gasteiger partial charge in [0.05, 0.1) is 0 Å². The summed E-state index contributed by atoms with van der Waals surface area (Å²) in [6, 6.07) is 6.24. The normalized spacial score (nSPS) is 24.2. The first kappa shape index (κ1) is 19.2.